The van der Waals surface area contributed by atoms with Gasteiger partial charge in [-0.3, -0.25) is 0 Å². The fourth-order valence-corrected chi connectivity index (χ4v) is 1.41. The van der Waals surface area contributed by atoms with Crippen LogP contribution in [-0.2, 0) is 16.1 Å². The van der Waals surface area contributed by atoms with E-state index in [1.807, 2.05) is 19.9 Å². The lowest BCUT2D eigenvalue weighted by molar-refractivity contribution is -0.0116. The van der Waals surface area contributed by atoms with E-state index in [1.54, 1.807) is 18.2 Å². The first-order valence-electron chi connectivity index (χ1n) is 5.77. The molecule has 0 aliphatic rings. The maximum absolute atomic E-state index is 9.04. The molecule has 1 rings (SSSR count). The minimum atomic E-state index is -1.43. The molecular formula is C12H19BO4. The van der Waals surface area contributed by atoms with E-state index < -0.39 is 7.12 Å². The molecule has 0 radical (unpaired) electrons. The van der Waals surface area contributed by atoms with E-state index in [-0.39, 0.29) is 6.10 Å². The predicted molar refractivity (Wildman–Crippen MR) is 67.0 cm³/mol. The summed E-state index contributed by atoms with van der Waals surface area (Å²) in [6.07, 6.45) is 0.0256. The molecule has 0 saturated carbocycles. The van der Waals surface area contributed by atoms with Crippen LogP contribution in [0.3, 0.4) is 0 Å². The first kappa shape index (κ1) is 14.2. The molecule has 1 aromatic rings. The van der Waals surface area contributed by atoms with Gasteiger partial charge in [0.15, 0.2) is 0 Å². The number of benzene rings is 1. The van der Waals surface area contributed by atoms with Crippen LogP contribution in [0.4, 0.5) is 0 Å². The van der Waals surface area contributed by atoms with E-state index >= 15 is 0 Å². The SMILES string of the molecule is CCOCC(C)OCc1cccc(B(O)O)c1. The van der Waals surface area contributed by atoms with Gasteiger partial charge in [0.05, 0.1) is 19.3 Å². The summed E-state index contributed by atoms with van der Waals surface area (Å²) in [4.78, 5) is 0. The molecule has 0 fully saturated rings. The minimum absolute atomic E-state index is 0.0256. The molecule has 0 aliphatic heterocycles. The molecule has 0 amide bonds. The van der Waals surface area contributed by atoms with Gasteiger partial charge in [-0.15, -0.1) is 0 Å². The zero-order valence-corrected chi connectivity index (χ0v) is 10.3. The summed E-state index contributed by atoms with van der Waals surface area (Å²) in [6.45, 7) is 5.58. The van der Waals surface area contributed by atoms with Gasteiger partial charge in [-0.25, -0.2) is 0 Å². The Bertz CT molecular complexity index is 330. The summed E-state index contributed by atoms with van der Waals surface area (Å²) in [5.41, 5.74) is 1.39. The maximum Gasteiger partial charge on any atom is 0.488 e. The lowest BCUT2D eigenvalue weighted by atomic mass is 9.80. The Morgan fingerprint density at radius 1 is 1.35 bits per heavy atom. The van der Waals surface area contributed by atoms with E-state index in [0.29, 0.717) is 25.3 Å². The molecule has 0 aliphatic carbocycles. The lowest BCUT2D eigenvalue weighted by Gasteiger charge is -2.13. The van der Waals surface area contributed by atoms with Crippen molar-refractivity contribution < 1.29 is 19.5 Å². The first-order valence-corrected chi connectivity index (χ1v) is 5.77. The van der Waals surface area contributed by atoms with Gasteiger partial charge in [0.25, 0.3) is 0 Å². The summed E-state index contributed by atoms with van der Waals surface area (Å²) >= 11 is 0. The third-order valence-corrected chi connectivity index (χ3v) is 2.34. The van der Waals surface area contributed by atoms with Crippen molar-refractivity contribution in [1.29, 1.82) is 0 Å². The highest BCUT2D eigenvalue weighted by molar-refractivity contribution is 6.58. The van der Waals surface area contributed by atoms with Crippen LogP contribution >= 0.6 is 0 Å². The second-order valence-corrected chi connectivity index (χ2v) is 3.90. The van der Waals surface area contributed by atoms with E-state index in [0.717, 1.165) is 5.56 Å². The van der Waals surface area contributed by atoms with Crippen molar-refractivity contribution in [3.63, 3.8) is 0 Å². The van der Waals surface area contributed by atoms with Crippen molar-refractivity contribution in [3.8, 4) is 0 Å². The number of ether oxygens (including phenoxy) is 2. The summed E-state index contributed by atoms with van der Waals surface area (Å²) in [6, 6.07) is 7.05. The van der Waals surface area contributed by atoms with E-state index in [1.165, 1.54) is 0 Å². The van der Waals surface area contributed by atoms with Crippen molar-refractivity contribution in [2.75, 3.05) is 13.2 Å². The summed E-state index contributed by atoms with van der Waals surface area (Å²) in [5.74, 6) is 0. The highest BCUT2D eigenvalue weighted by Gasteiger charge is 2.11. The van der Waals surface area contributed by atoms with Crippen LogP contribution in [0.2, 0.25) is 0 Å². The number of hydrogen-bond donors (Lipinski definition) is 2. The van der Waals surface area contributed by atoms with Gasteiger partial charge in [0, 0.05) is 6.61 Å². The van der Waals surface area contributed by atoms with Gasteiger partial charge in [-0.05, 0) is 24.9 Å². The van der Waals surface area contributed by atoms with E-state index in [2.05, 4.69) is 0 Å². The highest BCUT2D eigenvalue weighted by atomic mass is 16.5. The van der Waals surface area contributed by atoms with Gasteiger partial charge in [0.1, 0.15) is 0 Å². The normalized spacial score (nSPS) is 12.5. The van der Waals surface area contributed by atoms with Gasteiger partial charge >= 0.3 is 7.12 Å². The third kappa shape index (κ3) is 5.32. The Kier molecular flexibility index (Phi) is 6.22. The van der Waals surface area contributed by atoms with Gasteiger partial charge in [0.2, 0.25) is 0 Å². The smallest absolute Gasteiger partial charge is 0.423 e. The Hall–Kier alpha value is -0.875. The molecule has 17 heavy (non-hydrogen) atoms. The van der Waals surface area contributed by atoms with Crippen LogP contribution < -0.4 is 5.46 Å². The van der Waals surface area contributed by atoms with Crippen LogP contribution in [0.15, 0.2) is 24.3 Å². The number of rotatable bonds is 7. The van der Waals surface area contributed by atoms with Crippen LogP contribution in [0.1, 0.15) is 19.4 Å². The van der Waals surface area contributed by atoms with Crippen molar-refractivity contribution >= 4 is 12.6 Å². The van der Waals surface area contributed by atoms with Gasteiger partial charge in [-0.2, -0.15) is 0 Å². The first-order chi connectivity index (χ1) is 8.13. The molecule has 1 atom stereocenters. The topological polar surface area (TPSA) is 58.9 Å². The molecule has 0 saturated heterocycles. The summed E-state index contributed by atoms with van der Waals surface area (Å²) < 4.78 is 10.8. The Morgan fingerprint density at radius 3 is 2.76 bits per heavy atom. The van der Waals surface area contributed by atoms with E-state index in [9.17, 15) is 0 Å². The molecule has 0 bridgehead atoms. The molecular weight excluding hydrogens is 219 g/mol. The minimum Gasteiger partial charge on any atom is -0.423 e. The molecule has 4 nitrogen and oxygen atoms in total. The lowest BCUT2D eigenvalue weighted by Crippen LogP contribution is -2.30. The molecule has 1 unspecified atom stereocenters. The molecule has 5 heteroatoms. The summed E-state index contributed by atoms with van der Waals surface area (Å²) in [5, 5.41) is 18.1. The van der Waals surface area contributed by atoms with Gasteiger partial charge < -0.3 is 19.5 Å². The monoisotopic (exact) mass is 238 g/mol. The van der Waals surface area contributed by atoms with Crippen LogP contribution in [0.5, 0.6) is 0 Å². The predicted octanol–water partition coefficient (Wildman–Crippen LogP) is 0.308. The molecule has 94 valence electrons. The quantitative estimate of drug-likeness (QED) is 0.671. The largest absolute Gasteiger partial charge is 0.488 e. The Morgan fingerprint density at radius 2 is 2.12 bits per heavy atom. The van der Waals surface area contributed by atoms with Crippen molar-refractivity contribution in [3.05, 3.63) is 29.8 Å². The summed E-state index contributed by atoms with van der Waals surface area (Å²) in [7, 11) is -1.43. The molecule has 0 spiro atoms. The fourth-order valence-electron chi connectivity index (χ4n) is 1.41. The Labute approximate surface area is 102 Å². The van der Waals surface area contributed by atoms with E-state index in [4.69, 9.17) is 19.5 Å². The average Bonchev–Trinajstić information content (AvgIpc) is 2.34. The Balaban J connectivity index is 2.43. The fraction of sp³-hybridized carbons (Fsp3) is 0.500. The van der Waals surface area contributed by atoms with Crippen molar-refractivity contribution in [1.82, 2.24) is 0 Å². The zero-order valence-electron chi connectivity index (χ0n) is 10.3. The highest BCUT2D eigenvalue weighted by Crippen LogP contribution is 2.03. The van der Waals surface area contributed by atoms with Crippen LogP contribution in [0, 0.1) is 0 Å². The number of hydrogen-bond acceptors (Lipinski definition) is 4. The standard InChI is InChI=1S/C12H19BO4/c1-3-16-8-10(2)17-9-11-5-4-6-12(7-11)13(14)15/h4-7,10,14-15H,3,8-9H2,1-2H3. The zero-order chi connectivity index (χ0) is 12.7. The van der Waals surface area contributed by atoms with Crippen molar-refractivity contribution in [2.24, 2.45) is 0 Å². The van der Waals surface area contributed by atoms with Crippen molar-refractivity contribution in [2.45, 2.75) is 26.6 Å². The molecule has 0 heterocycles. The molecule has 2 N–H and O–H groups in total. The average molecular weight is 238 g/mol. The van der Waals surface area contributed by atoms with Gasteiger partial charge in [-0.1, -0.05) is 24.3 Å². The van der Waals surface area contributed by atoms with Crippen LogP contribution in [0.25, 0.3) is 0 Å². The maximum atomic E-state index is 9.04. The molecule has 0 aromatic heterocycles. The second-order valence-electron chi connectivity index (χ2n) is 3.90. The second kappa shape index (κ2) is 7.45. The van der Waals surface area contributed by atoms with Crippen LogP contribution in [-0.4, -0.2) is 36.5 Å². The third-order valence-electron chi connectivity index (χ3n) is 2.34. The molecule has 1 aromatic carbocycles.